The lowest BCUT2D eigenvalue weighted by molar-refractivity contribution is -0.133. The van der Waals surface area contributed by atoms with Crippen molar-refractivity contribution in [2.75, 3.05) is 12.4 Å². The fourth-order valence-corrected chi connectivity index (χ4v) is 2.09. The number of aryl methyl sites for hydroxylation is 1. The molecule has 0 aromatic carbocycles. The molecule has 1 aromatic heterocycles. The molecule has 17 heavy (non-hydrogen) atoms. The number of rotatable bonds is 5. The molecule has 0 aliphatic heterocycles. The Morgan fingerprint density at radius 3 is 2.71 bits per heavy atom. The maximum atomic E-state index is 11.6. The first-order chi connectivity index (χ1) is 7.97. The van der Waals surface area contributed by atoms with Gasteiger partial charge in [-0.2, -0.15) is 0 Å². The number of ether oxygens (including phenoxy) is 1. The van der Waals surface area contributed by atoms with E-state index in [1.165, 1.54) is 0 Å². The molecular weight excluding hydrogens is 244 g/mol. The first-order valence-corrected chi connectivity index (χ1v) is 6.01. The van der Waals surface area contributed by atoms with E-state index in [1.54, 1.807) is 25.5 Å². The highest BCUT2D eigenvalue weighted by Gasteiger charge is 2.20. The summed E-state index contributed by atoms with van der Waals surface area (Å²) < 4.78 is 6.46. The van der Waals surface area contributed by atoms with Crippen LogP contribution in [0.4, 0.5) is 0 Å². The van der Waals surface area contributed by atoms with Crippen molar-refractivity contribution in [2.45, 2.75) is 19.0 Å². The molecule has 0 radical (unpaired) electrons. The van der Waals surface area contributed by atoms with E-state index >= 15 is 0 Å². The number of aromatic nitrogens is 2. The van der Waals surface area contributed by atoms with Gasteiger partial charge in [-0.3, -0.25) is 4.79 Å². The van der Waals surface area contributed by atoms with Crippen LogP contribution in [0.1, 0.15) is 23.1 Å². The van der Waals surface area contributed by atoms with Crippen LogP contribution in [-0.2, 0) is 16.6 Å². The van der Waals surface area contributed by atoms with Crippen LogP contribution in [-0.4, -0.2) is 39.0 Å². The van der Waals surface area contributed by atoms with Crippen molar-refractivity contribution >= 4 is 23.7 Å². The topological polar surface area (TPSA) is 81.4 Å². The second-order valence-corrected chi connectivity index (χ2v) is 4.23. The number of imidazole rings is 1. The SMILES string of the molecule is CCOC(=O)c1c(C)nc(SCC(=O)O)n1C. The molecule has 1 rings (SSSR count). The lowest BCUT2D eigenvalue weighted by Gasteiger charge is -2.04. The number of thioether (sulfide) groups is 1. The molecule has 1 N–H and O–H groups in total. The largest absolute Gasteiger partial charge is 0.481 e. The minimum atomic E-state index is -0.923. The first-order valence-electron chi connectivity index (χ1n) is 5.02. The van der Waals surface area contributed by atoms with Gasteiger partial charge in [-0.15, -0.1) is 0 Å². The Morgan fingerprint density at radius 1 is 1.53 bits per heavy atom. The number of hydrogen-bond donors (Lipinski definition) is 1. The minimum Gasteiger partial charge on any atom is -0.481 e. The summed E-state index contributed by atoms with van der Waals surface area (Å²) in [6.45, 7) is 3.71. The molecule has 0 saturated heterocycles. The fourth-order valence-electron chi connectivity index (χ4n) is 1.35. The molecule has 0 amide bonds. The summed E-state index contributed by atoms with van der Waals surface area (Å²) >= 11 is 1.07. The van der Waals surface area contributed by atoms with Crippen LogP contribution in [0, 0.1) is 6.92 Å². The molecular formula is C10H14N2O4S. The van der Waals surface area contributed by atoms with Crippen LogP contribution < -0.4 is 0 Å². The number of esters is 1. The molecule has 1 aromatic rings. The molecule has 0 aliphatic rings. The van der Waals surface area contributed by atoms with Crippen molar-refractivity contribution in [3.05, 3.63) is 11.4 Å². The standard InChI is InChI=1S/C10H14N2O4S/c1-4-16-9(15)8-6(2)11-10(12(8)3)17-5-7(13)14/h4-5H2,1-3H3,(H,13,14). The van der Waals surface area contributed by atoms with Crippen LogP contribution >= 0.6 is 11.8 Å². The average molecular weight is 258 g/mol. The maximum absolute atomic E-state index is 11.6. The van der Waals surface area contributed by atoms with E-state index in [0.717, 1.165) is 11.8 Å². The fraction of sp³-hybridized carbons (Fsp3) is 0.500. The molecule has 0 fully saturated rings. The zero-order valence-corrected chi connectivity index (χ0v) is 10.7. The van der Waals surface area contributed by atoms with E-state index in [1.807, 2.05) is 0 Å². The monoisotopic (exact) mass is 258 g/mol. The van der Waals surface area contributed by atoms with Crippen LogP contribution in [0.25, 0.3) is 0 Å². The van der Waals surface area contributed by atoms with Crippen molar-refractivity contribution in [1.29, 1.82) is 0 Å². The second kappa shape index (κ2) is 5.72. The molecule has 0 unspecified atom stereocenters. The molecule has 7 heteroatoms. The quantitative estimate of drug-likeness (QED) is 0.628. The van der Waals surface area contributed by atoms with Gasteiger partial charge >= 0.3 is 11.9 Å². The highest BCUT2D eigenvalue weighted by atomic mass is 32.2. The third kappa shape index (κ3) is 3.23. The predicted octanol–water partition coefficient (Wildman–Crippen LogP) is 1.08. The second-order valence-electron chi connectivity index (χ2n) is 3.29. The molecule has 0 bridgehead atoms. The van der Waals surface area contributed by atoms with Crippen LogP contribution in [0.2, 0.25) is 0 Å². The van der Waals surface area contributed by atoms with Crippen molar-refractivity contribution in [3.8, 4) is 0 Å². The number of carbonyl (C=O) groups excluding carboxylic acids is 1. The van der Waals surface area contributed by atoms with E-state index in [4.69, 9.17) is 9.84 Å². The summed E-state index contributed by atoms with van der Waals surface area (Å²) in [6, 6.07) is 0. The van der Waals surface area contributed by atoms with Crippen LogP contribution in [0.3, 0.4) is 0 Å². The summed E-state index contributed by atoms with van der Waals surface area (Å²) in [5.74, 6) is -1.46. The zero-order valence-electron chi connectivity index (χ0n) is 9.89. The Kier molecular flexibility index (Phi) is 4.56. The Hall–Kier alpha value is -1.50. The summed E-state index contributed by atoms with van der Waals surface area (Å²) in [5, 5.41) is 9.08. The summed E-state index contributed by atoms with van der Waals surface area (Å²) in [6.07, 6.45) is 0. The third-order valence-corrected chi connectivity index (χ3v) is 3.04. The van der Waals surface area contributed by atoms with E-state index in [0.29, 0.717) is 23.2 Å². The van der Waals surface area contributed by atoms with E-state index in [9.17, 15) is 9.59 Å². The molecule has 1 heterocycles. The Labute approximate surface area is 103 Å². The van der Waals surface area contributed by atoms with Gasteiger partial charge in [-0.1, -0.05) is 11.8 Å². The zero-order chi connectivity index (χ0) is 13.0. The average Bonchev–Trinajstić information content (AvgIpc) is 2.51. The number of hydrogen-bond acceptors (Lipinski definition) is 5. The number of nitrogens with zero attached hydrogens (tertiary/aromatic N) is 2. The smallest absolute Gasteiger partial charge is 0.356 e. The van der Waals surface area contributed by atoms with Gasteiger partial charge in [0.15, 0.2) is 10.9 Å². The van der Waals surface area contributed by atoms with Gasteiger partial charge in [0.2, 0.25) is 0 Å². The number of carboxylic acid groups (broad SMARTS) is 1. The van der Waals surface area contributed by atoms with E-state index in [-0.39, 0.29) is 5.75 Å². The summed E-state index contributed by atoms with van der Waals surface area (Å²) in [4.78, 5) is 26.2. The normalized spacial score (nSPS) is 10.3. The van der Waals surface area contributed by atoms with Crippen molar-refractivity contribution in [2.24, 2.45) is 7.05 Å². The minimum absolute atomic E-state index is 0.0907. The summed E-state index contributed by atoms with van der Waals surface area (Å²) in [5.41, 5.74) is 0.901. The van der Waals surface area contributed by atoms with Gasteiger partial charge in [0.1, 0.15) is 0 Å². The summed E-state index contributed by atoms with van der Waals surface area (Å²) in [7, 11) is 1.66. The van der Waals surface area contributed by atoms with Gasteiger partial charge < -0.3 is 14.4 Å². The third-order valence-electron chi connectivity index (χ3n) is 2.02. The predicted molar refractivity (Wildman–Crippen MR) is 62.3 cm³/mol. The van der Waals surface area contributed by atoms with Gasteiger partial charge in [0.25, 0.3) is 0 Å². The number of carbonyl (C=O) groups is 2. The van der Waals surface area contributed by atoms with Gasteiger partial charge in [0, 0.05) is 7.05 Å². The van der Waals surface area contributed by atoms with Crippen molar-refractivity contribution < 1.29 is 19.4 Å². The highest BCUT2D eigenvalue weighted by Crippen LogP contribution is 2.20. The van der Waals surface area contributed by atoms with Crippen molar-refractivity contribution in [1.82, 2.24) is 9.55 Å². The number of aliphatic carboxylic acids is 1. The molecule has 0 atom stereocenters. The molecule has 0 saturated carbocycles. The first kappa shape index (κ1) is 13.6. The Bertz CT molecular complexity index is 442. The van der Waals surface area contributed by atoms with Gasteiger partial charge in [0.05, 0.1) is 18.1 Å². The maximum Gasteiger partial charge on any atom is 0.356 e. The number of carboxylic acids is 1. The van der Waals surface area contributed by atoms with Crippen LogP contribution in [0.5, 0.6) is 0 Å². The Balaban J connectivity index is 2.93. The lowest BCUT2D eigenvalue weighted by Crippen LogP contribution is -2.11. The lowest BCUT2D eigenvalue weighted by atomic mass is 10.3. The molecule has 6 nitrogen and oxygen atoms in total. The van der Waals surface area contributed by atoms with E-state index < -0.39 is 11.9 Å². The van der Waals surface area contributed by atoms with Gasteiger partial charge in [-0.05, 0) is 13.8 Å². The molecule has 0 spiro atoms. The Morgan fingerprint density at radius 2 is 2.18 bits per heavy atom. The van der Waals surface area contributed by atoms with Crippen molar-refractivity contribution in [3.63, 3.8) is 0 Å². The highest BCUT2D eigenvalue weighted by molar-refractivity contribution is 7.99. The molecule has 0 aliphatic carbocycles. The van der Waals surface area contributed by atoms with Crippen LogP contribution in [0.15, 0.2) is 5.16 Å². The van der Waals surface area contributed by atoms with Gasteiger partial charge in [-0.25, -0.2) is 9.78 Å². The molecule has 94 valence electrons. The van der Waals surface area contributed by atoms with E-state index in [2.05, 4.69) is 4.98 Å².